The summed E-state index contributed by atoms with van der Waals surface area (Å²) in [5.41, 5.74) is 2.08. The van der Waals surface area contributed by atoms with E-state index in [1.54, 1.807) is 4.57 Å². The largest absolute Gasteiger partial charge is 0.300 e. The molecule has 32 heavy (non-hydrogen) atoms. The maximum atomic E-state index is 13.4. The van der Waals surface area contributed by atoms with Crippen molar-refractivity contribution >= 4 is 55.7 Å². The Bertz CT molecular complexity index is 1310. The Hall–Kier alpha value is -2.56. The van der Waals surface area contributed by atoms with E-state index in [1.165, 1.54) is 34.4 Å². The van der Waals surface area contributed by atoms with Gasteiger partial charge in [-0.2, -0.15) is 0 Å². The summed E-state index contributed by atoms with van der Waals surface area (Å²) in [6, 6.07) is 10.0. The van der Waals surface area contributed by atoms with Crippen LogP contribution in [0.5, 0.6) is 0 Å². The van der Waals surface area contributed by atoms with E-state index in [0.29, 0.717) is 28.6 Å². The predicted molar refractivity (Wildman–Crippen MR) is 132 cm³/mol. The van der Waals surface area contributed by atoms with Crippen LogP contribution < -0.4 is 10.9 Å². The Morgan fingerprint density at radius 1 is 1.16 bits per heavy atom. The minimum atomic E-state index is -0.198. The fourth-order valence-corrected chi connectivity index (χ4v) is 5.83. The van der Waals surface area contributed by atoms with Crippen LogP contribution in [0.15, 0.2) is 40.3 Å². The number of thioether (sulfide) groups is 1. The molecule has 0 unspecified atom stereocenters. The smallest absolute Gasteiger partial charge is 0.263 e. The van der Waals surface area contributed by atoms with Crippen molar-refractivity contribution in [1.82, 2.24) is 19.7 Å². The molecule has 7 nitrogen and oxygen atoms in total. The van der Waals surface area contributed by atoms with Gasteiger partial charge in [-0.25, -0.2) is 4.98 Å². The first-order chi connectivity index (χ1) is 15.5. The lowest BCUT2D eigenvalue weighted by Crippen LogP contribution is -2.25. The number of nitrogens with zero attached hydrogens (tertiary/aromatic N) is 4. The molecule has 1 amide bonds. The van der Waals surface area contributed by atoms with Crippen LogP contribution in [0.2, 0.25) is 0 Å². The lowest BCUT2D eigenvalue weighted by molar-refractivity contribution is -0.113. The average molecular weight is 486 g/mol. The highest BCUT2D eigenvalue weighted by Gasteiger charge is 2.18. The van der Waals surface area contributed by atoms with Crippen molar-refractivity contribution in [1.29, 1.82) is 0 Å². The predicted octanol–water partition coefficient (Wildman–Crippen LogP) is 4.46. The van der Waals surface area contributed by atoms with Crippen molar-refractivity contribution in [3.63, 3.8) is 0 Å². The van der Waals surface area contributed by atoms with Crippen LogP contribution in [0.3, 0.4) is 0 Å². The van der Waals surface area contributed by atoms with E-state index in [0.717, 1.165) is 32.3 Å². The molecule has 0 atom stereocenters. The molecule has 3 heterocycles. The summed E-state index contributed by atoms with van der Waals surface area (Å²) in [5.74, 6) is -0.0653. The molecule has 166 valence electrons. The zero-order valence-corrected chi connectivity index (χ0v) is 20.5. The first-order valence-electron chi connectivity index (χ1n) is 10.3. The average Bonchev–Trinajstić information content (AvgIpc) is 3.36. The quantitative estimate of drug-likeness (QED) is 0.293. The van der Waals surface area contributed by atoms with Crippen LogP contribution in [0.1, 0.15) is 27.9 Å². The maximum Gasteiger partial charge on any atom is 0.263 e. The molecule has 0 spiro atoms. The minimum absolute atomic E-state index is 0.0487. The number of aromatic nitrogens is 4. The highest BCUT2D eigenvalue weighted by Crippen LogP contribution is 2.28. The van der Waals surface area contributed by atoms with Crippen LogP contribution in [0.25, 0.3) is 10.2 Å². The molecule has 4 rings (SSSR count). The first-order valence-corrected chi connectivity index (χ1v) is 12.9. The Morgan fingerprint density at radius 3 is 2.66 bits per heavy atom. The van der Waals surface area contributed by atoms with E-state index in [-0.39, 0.29) is 17.2 Å². The summed E-state index contributed by atoms with van der Waals surface area (Å²) in [5, 5.41) is 13.4. The van der Waals surface area contributed by atoms with E-state index in [2.05, 4.69) is 15.5 Å². The molecule has 0 fully saturated rings. The molecule has 3 aromatic heterocycles. The lowest BCUT2D eigenvalue weighted by atomic mass is 10.1. The molecule has 1 N–H and O–H groups in total. The van der Waals surface area contributed by atoms with Crippen molar-refractivity contribution in [2.24, 2.45) is 0 Å². The van der Waals surface area contributed by atoms with Gasteiger partial charge in [-0.1, -0.05) is 60.4 Å². The van der Waals surface area contributed by atoms with Crippen LogP contribution in [0, 0.1) is 13.8 Å². The molecule has 0 aliphatic carbocycles. The van der Waals surface area contributed by atoms with Gasteiger partial charge in [-0.3, -0.25) is 19.5 Å². The monoisotopic (exact) mass is 485 g/mol. The Kier molecular flexibility index (Phi) is 7.02. The molecule has 0 bridgehead atoms. The number of benzene rings is 1. The summed E-state index contributed by atoms with van der Waals surface area (Å²) < 4.78 is 1.70. The highest BCUT2D eigenvalue weighted by atomic mass is 32.2. The summed E-state index contributed by atoms with van der Waals surface area (Å²) in [7, 11) is 0. The molecule has 0 aliphatic heterocycles. The van der Waals surface area contributed by atoms with Crippen LogP contribution in [0.4, 0.5) is 5.13 Å². The van der Waals surface area contributed by atoms with Gasteiger partial charge in [0.2, 0.25) is 11.0 Å². The molecule has 1 aromatic carbocycles. The van der Waals surface area contributed by atoms with Crippen molar-refractivity contribution in [2.75, 3.05) is 11.1 Å². The zero-order valence-electron chi connectivity index (χ0n) is 18.0. The fraction of sp³-hybridized carbons (Fsp3) is 0.318. The summed E-state index contributed by atoms with van der Waals surface area (Å²) in [6.07, 6.45) is 1.49. The van der Waals surface area contributed by atoms with Gasteiger partial charge < -0.3 is 0 Å². The Labute approximate surface area is 197 Å². The van der Waals surface area contributed by atoms with Gasteiger partial charge in [-0.15, -0.1) is 21.5 Å². The molecular weight excluding hydrogens is 462 g/mol. The van der Waals surface area contributed by atoms with E-state index >= 15 is 0 Å². The molecule has 0 radical (unpaired) electrons. The third kappa shape index (κ3) is 4.92. The third-order valence-electron chi connectivity index (χ3n) is 5.07. The van der Waals surface area contributed by atoms with Crippen molar-refractivity contribution < 1.29 is 4.79 Å². The standard InChI is InChI=1S/C22H23N5O2S3/c1-4-17-25-26-21(32-17)23-16(28)12-30-22-24-19-18(13(2)14(3)31-19)20(29)27(22)11-10-15-8-6-5-7-9-15/h5-9H,4,10-12H2,1-3H3,(H,23,26,28). The lowest BCUT2D eigenvalue weighted by Gasteiger charge is -2.12. The van der Waals surface area contributed by atoms with Gasteiger partial charge in [-0.05, 0) is 37.8 Å². The second-order valence-electron chi connectivity index (χ2n) is 7.24. The summed E-state index contributed by atoms with van der Waals surface area (Å²) in [6.45, 7) is 6.46. The summed E-state index contributed by atoms with van der Waals surface area (Å²) in [4.78, 5) is 32.4. The van der Waals surface area contributed by atoms with Crippen molar-refractivity contribution in [3.05, 3.63) is 61.7 Å². The molecule has 10 heteroatoms. The second-order valence-corrected chi connectivity index (χ2v) is 10.4. The number of aryl methyl sites for hydroxylation is 4. The zero-order chi connectivity index (χ0) is 22.7. The van der Waals surface area contributed by atoms with Gasteiger partial charge in [0.1, 0.15) is 9.84 Å². The number of rotatable bonds is 8. The van der Waals surface area contributed by atoms with Crippen LogP contribution in [-0.2, 0) is 24.2 Å². The number of amides is 1. The number of fused-ring (bicyclic) bond motifs is 1. The fourth-order valence-electron chi connectivity index (χ4n) is 3.23. The Balaban J connectivity index is 1.58. The van der Waals surface area contributed by atoms with Crippen molar-refractivity contribution in [2.45, 2.75) is 45.3 Å². The van der Waals surface area contributed by atoms with E-state index < -0.39 is 0 Å². The number of carbonyl (C=O) groups excluding carboxylic acids is 1. The molecule has 0 aliphatic rings. The van der Waals surface area contributed by atoms with Gasteiger partial charge >= 0.3 is 0 Å². The first kappa shape index (κ1) is 22.6. The minimum Gasteiger partial charge on any atom is -0.300 e. The number of thiophene rings is 1. The van der Waals surface area contributed by atoms with Gasteiger partial charge in [0.25, 0.3) is 5.56 Å². The molecule has 0 saturated heterocycles. The molecular formula is C22H23N5O2S3. The van der Waals surface area contributed by atoms with Crippen LogP contribution >= 0.6 is 34.4 Å². The third-order valence-corrected chi connectivity index (χ3v) is 8.13. The topological polar surface area (TPSA) is 89.8 Å². The molecule has 4 aromatic rings. The van der Waals surface area contributed by atoms with Crippen molar-refractivity contribution in [3.8, 4) is 0 Å². The SMILES string of the molecule is CCc1nnc(NC(=O)CSc2nc3sc(C)c(C)c3c(=O)n2CCc2ccccc2)s1. The number of carbonyl (C=O) groups is 1. The Morgan fingerprint density at radius 2 is 1.94 bits per heavy atom. The molecule has 0 saturated carbocycles. The number of hydrogen-bond donors (Lipinski definition) is 1. The second kappa shape index (κ2) is 9.93. The summed E-state index contributed by atoms with van der Waals surface area (Å²) >= 11 is 4.15. The van der Waals surface area contributed by atoms with Gasteiger partial charge in [0.15, 0.2) is 5.16 Å². The highest BCUT2D eigenvalue weighted by molar-refractivity contribution is 7.99. The van der Waals surface area contributed by atoms with Gasteiger partial charge in [0.05, 0.1) is 11.1 Å². The van der Waals surface area contributed by atoms with Crippen LogP contribution in [-0.4, -0.2) is 31.4 Å². The van der Waals surface area contributed by atoms with E-state index in [9.17, 15) is 9.59 Å². The maximum absolute atomic E-state index is 13.4. The van der Waals surface area contributed by atoms with E-state index in [1.807, 2.05) is 51.1 Å². The number of anilines is 1. The number of hydrogen-bond acceptors (Lipinski definition) is 8. The normalized spacial score (nSPS) is 11.2. The van der Waals surface area contributed by atoms with E-state index in [4.69, 9.17) is 4.98 Å². The van der Waals surface area contributed by atoms with Gasteiger partial charge in [0, 0.05) is 11.4 Å². The number of nitrogens with one attached hydrogen (secondary N) is 1.